The van der Waals surface area contributed by atoms with Crippen LogP contribution in [0.4, 0.5) is 0 Å². The van der Waals surface area contributed by atoms with Crippen LogP contribution >= 0.6 is 0 Å². The van der Waals surface area contributed by atoms with Gasteiger partial charge in [0, 0.05) is 21.3 Å². The smallest absolute Gasteiger partial charge is 0.251 e. The van der Waals surface area contributed by atoms with E-state index in [2.05, 4.69) is 5.32 Å². The summed E-state index contributed by atoms with van der Waals surface area (Å²) in [5.41, 5.74) is 0. The van der Waals surface area contributed by atoms with Gasteiger partial charge in [0.1, 0.15) is 6.61 Å². The molecule has 62 valence electrons. The lowest BCUT2D eigenvalue weighted by Crippen LogP contribution is -2.50. The van der Waals surface area contributed by atoms with E-state index < -0.39 is 5.91 Å². The Morgan fingerprint density at radius 2 is 1.70 bits per heavy atom. The van der Waals surface area contributed by atoms with Crippen LogP contribution in [0.1, 0.15) is 0 Å². The highest BCUT2D eigenvalue weighted by atomic mass is 16.7. The number of ether oxygens (including phenoxy) is 3. The molecule has 0 aromatic heterocycles. The van der Waals surface area contributed by atoms with Crippen LogP contribution in [-0.2, 0) is 14.2 Å². The van der Waals surface area contributed by atoms with Gasteiger partial charge in [0.2, 0.25) is 0 Å². The van der Waals surface area contributed by atoms with Crippen molar-refractivity contribution in [2.75, 3.05) is 35.0 Å². The lowest BCUT2D eigenvalue weighted by molar-refractivity contribution is -0.247. The average molecular weight is 149 g/mol. The Morgan fingerprint density at radius 3 is 1.80 bits per heavy atom. The second kappa shape index (κ2) is 4.62. The van der Waals surface area contributed by atoms with Gasteiger partial charge in [-0.2, -0.15) is 0 Å². The van der Waals surface area contributed by atoms with Crippen molar-refractivity contribution in [3.8, 4) is 0 Å². The van der Waals surface area contributed by atoms with Crippen LogP contribution in [0.2, 0.25) is 0 Å². The Labute approximate surface area is 61.5 Å². The summed E-state index contributed by atoms with van der Waals surface area (Å²) in [6.07, 6.45) is 0. The van der Waals surface area contributed by atoms with E-state index in [-0.39, 0.29) is 0 Å². The summed E-state index contributed by atoms with van der Waals surface area (Å²) < 4.78 is 14.9. The molecule has 0 rings (SSSR count). The molecule has 0 radical (unpaired) electrons. The third kappa shape index (κ3) is 2.22. The minimum atomic E-state index is -0.797. The predicted octanol–water partition coefficient (Wildman–Crippen LogP) is -0.201. The minimum absolute atomic E-state index is 0.358. The van der Waals surface area contributed by atoms with Gasteiger partial charge in [0.15, 0.2) is 0 Å². The van der Waals surface area contributed by atoms with Gasteiger partial charge in [0.05, 0.1) is 0 Å². The van der Waals surface area contributed by atoms with Gasteiger partial charge in [-0.05, 0) is 7.05 Å². The zero-order valence-electron chi connectivity index (χ0n) is 6.93. The third-order valence-electron chi connectivity index (χ3n) is 1.37. The normalized spacial score (nSPS) is 12.0. The number of hydrogen-bond donors (Lipinski definition) is 1. The first-order valence-electron chi connectivity index (χ1n) is 3.03. The van der Waals surface area contributed by atoms with E-state index in [0.29, 0.717) is 6.61 Å². The number of hydrogen-bond acceptors (Lipinski definition) is 4. The van der Waals surface area contributed by atoms with Crippen molar-refractivity contribution in [1.29, 1.82) is 0 Å². The molecule has 0 amide bonds. The molecule has 1 N–H and O–H groups in total. The Balaban J connectivity index is 3.87. The molecule has 0 aromatic carbocycles. The summed E-state index contributed by atoms with van der Waals surface area (Å²) in [5, 5.41) is 2.85. The Morgan fingerprint density at radius 1 is 1.20 bits per heavy atom. The molecule has 0 atom stereocenters. The van der Waals surface area contributed by atoms with Crippen LogP contribution in [0.5, 0.6) is 0 Å². The zero-order valence-corrected chi connectivity index (χ0v) is 6.93. The molecule has 0 aliphatic rings. The highest BCUT2D eigenvalue weighted by Crippen LogP contribution is 2.04. The average Bonchev–Trinajstić information content (AvgIpc) is 2.01. The van der Waals surface area contributed by atoms with Crippen molar-refractivity contribution in [3.63, 3.8) is 0 Å². The third-order valence-corrected chi connectivity index (χ3v) is 1.37. The molecule has 0 fully saturated rings. The first-order chi connectivity index (χ1) is 4.74. The minimum Gasteiger partial charge on any atom is -0.378 e. The molecular weight excluding hydrogens is 134 g/mol. The van der Waals surface area contributed by atoms with Crippen LogP contribution in [0.3, 0.4) is 0 Å². The standard InChI is InChI=1S/C6H15NO3/c1-7-6(9-3,10-4)5-8-2/h7H,5H2,1-4H3. The monoisotopic (exact) mass is 149 g/mol. The molecule has 4 heteroatoms. The fraction of sp³-hybridized carbons (Fsp3) is 1.00. The van der Waals surface area contributed by atoms with Crippen molar-refractivity contribution in [2.24, 2.45) is 0 Å². The molecule has 0 aliphatic carbocycles. The van der Waals surface area contributed by atoms with E-state index in [1.54, 1.807) is 28.4 Å². The zero-order chi connectivity index (χ0) is 8.04. The van der Waals surface area contributed by atoms with Crippen LogP contribution in [-0.4, -0.2) is 40.9 Å². The van der Waals surface area contributed by atoms with E-state index in [1.807, 2.05) is 0 Å². The fourth-order valence-corrected chi connectivity index (χ4v) is 0.667. The number of methoxy groups -OCH3 is 3. The molecule has 0 aliphatic heterocycles. The Kier molecular flexibility index (Phi) is 4.55. The van der Waals surface area contributed by atoms with Crippen LogP contribution in [0.15, 0.2) is 0 Å². The van der Waals surface area contributed by atoms with Crippen molar-refractivity contribution >= 4 is 0 Å². The molecule has 4 nitrogen and oxygen atoms in total. The summed E-state index contributed by atoms with van der Waals surface area (Å²) in [5.74, 6) is -0.797. The van der Waals surface area contributed by atoms with Crippen molar-refractivity contribution in [3.05, 3.63) is 0 Å². The van der Waals surface area contributed by atoms with E-state index in [0.717, 1.165) is 0 Å². The Hall–Kier alpha value is -0.160. The highest BCUT2D eigenvalue weighted by molar-refractivity contribution is 4.60. The molecule has 0 aromatic rings. The van der Waals surface area contributed by atoms with Gasteiger partial charge in [-0.25, -0.2) is 0 Å². The molecule has 10 heavy (non-hydrogen) atoms. The van der Waals surface area contributed by atoms with Crippen LogP contribution in [0, 0.1) is 0 Å². The number of nitrogens with one attached hydrogen (secondary N) is 1. The van der Waals surface area contributed by atoms with Gasteiger partial charge in [-0.15, -0.1) is 0 Å². The van der Waals surface area contributed by atoms with E-state index in [1.165, 1.54) is 0 Å². The van der Waals surface area contributed by atoms with Gasteiger partial charge in [-0.3, -0.25) is 5.32 Å². The van der Waals surface area contributed by atoms with Crippen molar-refractivity contribution in [1.82, 2.24) is 5.32 Å². The maximum absolute atomic E-state index is 5.02. The molecule has 0 bridgehead atoms. The molecule has 0 spiro atoms. The SMILES string of the molecule is CNC(COC)(OC)OC. The topological polar surface area (TPSA) is 39.7 Å². The first kappa shape index (κ1) is 9.84. The molecule has 0 unspecified atom stereocenters. The Bertz CT molecular complexity index is 74.8. The summed E-state index contributed by atoms with van der Waals surface area (Å²) in [6, 6.07) is 0. The summed E-state index contributed by atoms with van der Waals surface area (Å²) in [4.78, 5) is 0. The van der Waals surface area contributed by atoms with Crippen LogP contribution < -0.4 is 5.32 Å². The maximum atomic E-state index is 5.02. The lowest BCUT2D eigenvalue weighted by atomic mass is 10.5. The molecule has 0 heterocycles. The second-order valence-electron chi connectivity index (χ2n) is 1.84. The first-order valence-corrected chi connectivity index (χ1v) is 3.03. The molecular formula is C6H15NO3. The van der Waals surface area contributed by atoms with Gasteiger partial charge in [0.25, 0.3) is 5.91 Å². The van der Waals surface area contributed by atoms with Crippen molar-refractivity contribution < 1.29 is 14.2 Å². The quantitative estimate of drug-likeness (QED) is 0.549. The number of rotatable bonds is 5. The largest absolute Gasteiger partial charge is 0.378 e. The van der Waals surface area contributed by atoms with Crippen molar-refractivity contribution in [2.45, 2.75) is 5.91 Å². The maximum Gasteiger partial charge on any atom is 0.251 e. The van der Waals surface area contributed by atoms with E-state index in [4.69, 9.17) is 14.2 Å². The molecule has 0 saturated carbocycles. The van der Waals surface area contributed by atoms with E-state index in [9.17, 15) is 0 Å². The van der Waals surface area contributed by atoms with Crippen LogP contribution in [0.25, 0.3) is 0 Å². The molecule has 0 saturated heterocycles. The lowest BCUT2D eigenvalue weighted by Gasteiger charge is -2.28. The summed E-state index contributed by atoms with van der Waals surface area (Å²) in [7, 11) is 6.44. The van der Waals surface area contributed by atoms with Gasteiger partial charge >= 0.3 is 0 Å². The highest BCUT2D eigenvalue weighted by Gasteiger charge is 2.26. The fourth-order valence-electron chi connectivity index (χ4n) is 0.667. The predicted molar refractivity (Wildman–Crippen MR) is 37.7 cm³/mol. The second-order valence-corrected chi connectivity index (χ2v) is 1.84. The van der Waals surface area contributed by atoms with E-state index >= 15 is 0 Å². The summed E-state index contributed by atoms with van der Waals surface area (Å²) >= 11 is 0. The summed E-state index contributed by atoms with van der Waals surface area (Å²) in [6.45, 7) is 0.358. The van der Waals surface area contributed by atoms with Gasteiger partial charge < -0.3 is 14.2 Å². The number of likely N-dealkylation sites (N-methyl/N-ethyl adjacent to an activating group) is 1. The van der Waals surface area contributed by atoms with Gasteiger partial charge in [-0.1, -0.05) is 0 Å².